The van der Waals surface area contributed by atoms with E-state index in [4.69, 9.17) is 4.74 Å². The van der Waals surface area contributed by atoms with E-state index in [1.54, 1.807) is 0 Å². The first kappa shape index (κ1) is 13.6. The van der Waals surface area contributed by atoms with Gasteiger partial charge in [0.15, 0.2) is 0 Å². The van der Waals surface area contributed by atoms with E-state index in [0.29, 0.717) is 37.5 Å². The molecule has 1 heterocycles. The molecule has 0 aliphatic carbocycles. The first-order chi connectivity index (χ1) is 8.06. The Balaban J connectivity index is 2.26. The van der Waals surface area contributed by atoms with Crippen LogP contribution in [0, 0.1) is 0 Å². The van der Waals surface area contributed by atoms with Gasteiger partial charge >= 0.3 is 10.2 Å². The molecule has 0 radical (unpaired) electrons. The second-order valence-electron chi connectivity index (χ2n) is 4.12. The van der Waals surface area contributed by atoms with E-state index in [1.807, 2.05) is 0 Å². The van der Waals surface area contributed by atoms with Crippen molar-refractivity contribution in [2.45, 2.75) is 10.9 Å². The van der Waals surface area contributed by atoms with Gasteiger partial charge in [-0.15, -0.1) is 0 Å². The second kappa shape index (κ2) is 3.58. The highest BCUT2D eigenvalue weighted by atomic mass is 32.5. The van der Waals surface area contributed by atoms with Crippen molar-refractivity contribution in [3.63, 3.8) is 0 Å². The molecule has 0 spiro atoms. The van der Waals surface area contributed by atoms with E-state index in [0.717, 1.165) is 12.1 Å². The van der Waals surface area contributed by atoms with Crippen LogP contribution in [0.5, 0.6) is 0 Å². The van der Waals surface area contributed by atoms with E-state index in [-0.39, 0.29) is 6.04 Å². The molecule has 2 nitrogen and oxygen atoms in total. The summed E-state index contributed by atoms with van der Waals surface area (Å²) in [5.41, 5.74) is 0.500. The van der Waals surface area contributed by atoms with Crippen LogP contribution in [0.1, 0.15) is 11.6 Å². The lowest BCUT2D eigenvalue weighted by atomic mass is 10.1. The number of hydrogen-bond donors (Lipinski definition) is 1. The van der Waals surface area contributed by atoms with Gasteiger partial charge in [0.25, 0.3) is 0 Å². The van der Waals surface area contributed by atoms with Gasteiger partial charge in [0.05, 0.1) is 19.3 Å². The third-order valence-electron chi connectivity index (χ3n) is 2.65. The van der Waals surface area contributed by atoms with Crippen molar-refractivity contribution in [1.29, 1.82) is 0 Å². The quantitative estimate of drug-likeness (QED) is 0.831. The van der Waals surface area contributed by atoms with Crippen LogP contribution in [0.15, 0.2) is 29.2 Å². The summed E-state index contributed by atoms with van der Waals surface area (Å²) in [6.45, 7) is 1.42. The van der Waals surface area contributed by atoms with Crippen molar-refractivity contribution in [3.05, 3.63) is 29.8 Å². The molecule has 0 aromatic heterocycles. The number of benzene rings is 1. The van der Waals surface area contributed by atoms with Gasteiger partial charge in [-0.2, -0.15) is 0 Å². The molecule has 1 atom stereocenters. The second-order valence-corrected chi connectivity index (χ2v) is 6.53. The van der Waals surface area contributed by atoms with Crippen molar-refractivity contribution < 1.29 is 24.2 Å². The van der Waals surface area contributed by atoms with Gasteiger partial charge in [0.2, 0.25) is 0 Å². The number of morpholine rings is 1. The molecule has 1 saturated heterocycles. The van der Waals surface area contributed by atoms with Gasteiger partial charge in [0, 0.05) is 6.54 Å². The van der Waals surface area contributed by atoms with Gasteiger partial charge in [-0.25, -0.2) is 0 Å². The lowest BCUT2D eigenvalue weighted by molar-refractivity contribution is 0.0768. The fourth-order valence-electron chi connectivity index (χ4n) is 1.74. The minimum atomic E-state index is -9.56. The first-order valence-corrected chi connectivity index (χ1v) is 7.16. The third kappa shape index (κ3) is 3.12. The molecule has 1 aliphatic heterocycles. The number of rotatable bonds is 2. The van der Waals surface area contributed by atoms with Crippen LogP contribution in [-0.2, 0) is 4.74 Å². The van der Waals surface area contributed by atoms with Gasteiger partial charge in [0.1, 0.15) is 4.90 Å². The zero-order valence-corrected chi connectivity index (χ0v) is 10.0. The van der Waals surface area contributed by atoms with Crippen molar-refractivity contribution in [3.8, 4) is 0 Å². The van der Waals surface area contributed by atoms with E-state index < -0.39 is 15.1 Å². The van der Waals surface area contributed by atoms with Gasteiger partial charge < -0.3 is 10.1 Å². The monoisotopic (exact) mass is 289 g/mol. The molecule has 1 aliphatic rings. The average molecular weight is 289 g/mol. The Labute approximate surface area is 101 Å². The molecule has 1 aromatic rings. The largest absolute Gasteiger partial charge is 0.378 e. The summed E-state index contributed by atoms with van der Waals surface area (Å²) in [6.07, 6.45) is 0. The molecule has 1 N–H and O–H groups in total. The summed E-state index contributed by atoms with van der Waals surface area (Å²) in [7, 11) is -9.56. The van der Waals surface area contributed by atoms with E-state index >= 15 is 0 Å². The van der Waals surface area contributed by atoms with Gasteiger partial charge in [-0.3, -0.25) is 0 Å². The summed E-state index contributed by atoms with van der Waals surface area (Å²) in [5.74, 6) is 0. The SMILES string of the molecule is FS(F)(F)(F)(F)c1ccc([C@H]2COCCN2)cc1. The smallest absolute Gasteiger partial charge is 0.310 e. The van der Waals surface area contributed by atoms with E-state index in [2.05, 4.69) is 5.32 Å². The Morgan fingerprint density at radius 1 is 1.06 bits per heavy atom. The standard InChI is InChI=1S/C10H12F5NOS/c11-18(12,13,14,15)9-3-1-8(2-4-9)10-7-17-6-5-16-10/h1-4,10,16H,5-7H2/t10-/m1/s1. The summed E-state index contributed by atoms with van der Waals surface area (Å²) < 4.78 is 67.6. The Bertz CT molecular complexity index is 437. The van der Waals surface area contributed by atoms with Crippen LogP contribution in [0.2, 0.25) is 0 Å². The Morgan fingerprint density at radius 2 is 1.67 bits per heavy atom. The van der Waals surface area contributed by atoms with Crippen LogP contribution in [0.4, 0.5) is 19.4 Å². The predicted molar refractivity (Wildman–Crippen MR) is 59.4 cm³/mol. The lowest BCUT2D eigenvalue weighted by Crippen LogP contribution is -2.34. The molecule has 1 fully saturated rings. The minimum absolute atomic E-state index is 0.258. The molecule has 8 heteroatoms. The fraction of sp³-hybridized carbons (Fsp3) is 0.400. The molecule has 2 rings (SSSR count). The molecule has 0 unspecified atom stereocenters. The minimum Gasteiger partial charge on any atom is -0.378 e. The van der Waals surface area contributed by atoms with Crippen molar-refractivity contribution in [1.82, 2.24) is 5.32 Å². The maximum Gasteiger partial charge on any atom is 0.310 e. The third-order valence-corrected chi connectivity index (χ3v) is 3.81. The highest BCUT2D eigenvalue weighted by molar-refractivity contribution is 8.45. The highest BCUT2D eigenvalue weighted by Gasteiger charge is 2.65. The molecular formula is C10H12F5NOS. The van der Waals surface area contributed by atoms with Gasteiger partial charge in [-0.05, 0) is 17.7 Å². The Kier molecular flexibility index (Phi) is 2.70. The first-order valence-electron chi connectivity index (χ1n) is 5.21. The summed E-state index contributed by atoms with van der Waals surface area (Å²) in [4.78, 5) is -1.87. The Hall–Kier alpha value is -0.860. The van der Waals surface area contributed by atoms with E-state index in [9.17, 15) is 19.4 Å². The number of ether oxygens (including phenoxy) is 1. The maximum absolute atomic E-state index is 12.5. The van der Waals surface area contributed by atoms with Crippen LogP contribution in [0.3, 0.4) is 0 Å². The molecule has 18 heavy (non-hydrogen) atoms. The lowest BCUT2D eigenvalue weighted by Gasteiger charge is -2.40. The molecule has 0 amide bonds. The number of halogens is 5. The van der Waals surface area contributed by atoms with Gasteiger partial charge in [-0.1, -0.05) is 31.6 Å². The molecule has 0 saturated carbocycles. The zero-order chi connectivity index (χ0) is 13.5. The highest BCUT2D eigenvalue weighted by Crippen LogP contribution is 3.02. The molecule has 1 aromatic carbocycles. The predicted octanol–water partition coefficient (Wildman–Crippen LogP) is 4.00. The van der Waals surface area contributed by atoms with Crippen molar-refractivity contribution in [2.75, 3.05) is 19.8 Å². The number of hydrogen-bond acceptors (Lipinski definition) is 2. The summed E-state index contributed by atoms with van der Waals surface area (Å²) in [6, 6.07) is 2.70. The zero-order valence-electron chi connectivity index (χ0n) is 9.21. The maximum atomic E-state index is 12.5. The van der Waals surface area contributed by atoms with Crippen molar-refractivity contribution >= 4 is 10.2 Å². The Morgan fingerprint density at radius 3 is 2.11 bits per heavy atom. The van der Waals surface area contributed by atoms with E-state index in [1.165, 1.54) is 0 Å². The van der Waals surface area contributed by atoms with Crippen LogP contribution in [-0.4, -0.2) is 19.8 Å². The molecule has 0 bridgehead atoms. The van der Waals surface area contributed by atoms with Crippen LogP contribution in [0.25, 0.3) is 0 Å². The average Bonchev–Trinajstić information content (AvgIpc) is 2.28. The normalized spacial score (nSPS) is 25.3. The van der Waals surface area contributed by atoms with Crippen molar-refractivity contribution in [2.24, 2.45) is 0 Å². The summed E-state index contributed by atoms with van der Waals surface area (Å²) in [5, 5.41) is 3.03. The summed E-state index contributed by atoms with van der Waals surface area (Å²) >= 11 is 0. The molecular weight excluding hydrogens is 277 g/mol. The van der Waals surface area contributed by atoms with Crippen LogP contribution < -0.4 is 5.32 Å². The number of nitrogens with one attached hydrogen (secondary N) is 1. The molecule has 104 valence electrons. The topological polar surface area (TPSA) is 21.3 Å². The fourth-order valence-corrected chi connectivity index (χ4v) is 2.39. The van der Waals surface area contributed by atoms with Crippen LogP contribution >= 0.6 is 10.2 Å².